The maximum absolute atomic E-state index is 12.2. The lowest BCUT2D eigenvalue weighted by Gasteiger charge is -2.29. The molecule has 1 aromatic rings. The van der Waals surface area contributed by atoms with Gasteiger partial charge in [0.15, 0.2) is 5.78 Å². The Bertz CT molecular complexity index is 374. The molecule has 100 valence electrons. The zero-order chi connectivity index (χ0) is 13.7. The molecule has 0 N–H and O–H groups in total. The highest BCUT2D eigenvalue weighted by Crippen LogP contribution is 2.13. The molecule has 0 heterocycles. The maximum atomic E-state index is 12.2. The van der Waals surface area contributed by atoms with Gasteiger partial charge in [-0.25, -0.2) is 0 Å². The molecule has 0 amide bonds. The van der Waals surface area contributed by atoms with Gasteiger partial charge in [0.25, 0.3) is 0 Å². The van der Waals surface area contributed by atoms with Crippen molar-refractivity contribution in [3.05, 3.63) is 29.8 Å². The van der Waals surface area contributed by atoms with Crippen molar-refractivity contribution < 1.29 is 9.53 Å². The summed E-state index contributed by atoms with van der Waals surface area (Å²) in [5.41, 5.74) is 0.738. The van der Waals surface area contributed by atoms with Crippen LogP contribution in [0, 0.1) is 0 Å². The van der Waals surface area contributed by atoms with Gasteiger partial charge in [0.1, 0.15) is 5.75 Å². The highest BCUT2D eigenvalue weighted by atomic mass is 16.5. The van der Waals surface area contributed by atoms with E-state index in [-0.39, 0.29) is 5.78 Å². The molecule has 0 bridgehead atoms. The van der Waals surface area contributed by atoms with Gasteiger partial charge in [-0.15, -0.1) is 0 Å². The first kappa shape index (κ1) is 14.7. The number of ether oxygens (including phenoxy) is 1. The van der Waals surface area contributed by atoms with Gasteiger partial charge in [0.2, 0.25) is 0 Å². The fourth-order valence-corrected chi connectivity index (χ4v) is 2.00. The minimum absolute atomic E-state index is 0.153. The molecule has 0 saturated carbocycles. The normalized spacial score (nSPS) is 11.3. The summed E-state index contributed by atoms with van der Waals surface area (Å²) in [4.78, 5) is 14.4. The van der Waals surface area contributed by atoms with Crippen molar-refractivity contribution >= 4 is 5.78 Å². The SMILES string of the molecule is COc1ccc(C(=O)CN(C(C)C)C(C)C)cc1. The average molecular weight is 249 g/mol. The van der Waals surface area contributed by atoms with Gasteiger partial charge in [-0.2, -0.15) is 0 Å². The summed E-state index contributed by atoms with van der Waals surface area (Å²) in [5, 5.41) is 0. The van der Waals surface area contributed by atoms with Crippen LogP contribution in [0.1, 0.15) is 38.1 Å². The lowest BCUT2D eigenvalue weighted by molar-refractivity contribution is 0.0866. The Labute approximate surface area is 110 Å². The van der Waals surface area contributed by atoms with Crippen molar-refractivity contribution in [2.24, 2.45) is 0 Å². The van der Waals surface area contributed by atoms with Gasteiger partial charge >= 0.3 is 0 Å². The van der Waals surface area contributed by atoms with Gasteiger partial charge in [0.05, 0.1) is 13.7 Å². The van der Waals surface area contributed by atoms with Crippen molar-refractivity contribution in [1.82, 2.24) is 4.90 Å². The Hall–Kier alpha value is -1.35. The van der Waals surface area contributed by atoms with Crippen LogP contribution in [-0.4, -0.2) is 36.4 Å². The van der Waals surface area contributed by atoms with Crippen LogP contribution in [0.15, 0.2) is 24.3 Å². The number of benzene rings is 1. The first-order valence-corrected chi connectivity index (χ1v) is 6.38. The lowest BCUT2D eigenvalue weighted by Crippen LogP contribution is -2.40. The van der Waals surface area contributed by atoms with Crippen LogP contribution in [0.25, 0.3) is 0 Å². The van der Waals surface area contributed by atoms with Crippen LogP contribution >= 0.6 is 0 Å². The van der Waals surface area contributed by atoms with E-state index in [1.165, 1.54) is 0 Å². The lowest BCUT2D eigenvalue weighted by atomic mass is 10.1. The Morgan fingerprint density at radius 1 is 1.11 bits per heavy atom. The second-order valence-corrected chi connectivity index (χ2v) is 5.01. The Morgan fingerprint density at radius 2 is 1.61 bits per heavy atom. The first-order chi connectivity index (χ1) is 8.45. The molecule has 3 nitrogen and oxygen atoms in total. The molecule has 0 aliphatic heterocycles. The van der Waals surface area contributed by atoms with E-state index < -0.39 is 0 Å². The first-order valence-electron chi connectivity index (χ1n) is 6.38. The number of hydrogen-bond donors (Lipinski definition) is 0. The van der Waals surface area contributed by atoms with Crippen LogP contribution in [0.5, 0.6) is 5.75 Å². The van der Waals surface area contributed by atoms with Crippen LogP contribution in [0.3, 0.4) is 0 Å². The molecule has 0 aliphatic rings. The molecule has 0 fully saturated rings. The standard InChI is InChI=1S/C15H23NO2/c1-11(2)16(12(3)4)10-15(17)13-6-8-14(18-5)9-7-13/h6-9,11-12H,10H2,1-5H3. The van der Waals surface area contributed by atoms with E-state index in [2.05, 4.69) is 32.6 Å². The molecule has 0 atom stereocenters. The third-order valence-electron chi connectivity index (χ3n) is 3.06. The molecular formula is C15H23NO2. The van der Waals surface area contributed by atoms with Crippen LogP contribution in [-0.2, 0) is 0 Å². The minimum Gasteiger partial charge on any atom is -0.497 e. The number of Topliss-reactive ketones (excluding diaryl/α,β-unsaturated/α-hetero) is 1. The zero-order valence-corrected chi connectivity index (χ0v) is 11.9. The predicted octanol–water partition coefficient (Wildman–Crippen LogP) is 3.00. The van der Waals surface area contributed by atoms with E-state index in [1.807, 2.05) is 24.3 Å². The minimum atomic E-state index is 0.153. The molecule has 0 spiro atoms. The molecule has 0 unspecified atom stereocenters. The number of carbonyl (C=O) groups excluding carboxylic acids is 1. The quantitative estimate of drug-likeness (QED) is 0.726. The van der Waals surface area contributed by atoms with Gasteiger partial charge in [-0.05, 0) is 52.0 Å². The molecule has 18 heavy (non-hydrogen) atoms. The molecule has 0 aromatic heterocycles. The van der Waals surface area contributed by atoms with Crippen molar-refractivity contribution in [3.63, 3.8) is 0 Å². The fraction of sp³-hybridized carbons (Fsp3) is 0.533. The summed E-state index contributed by atoms with van der Waals surface area (Å²) in [6, 6.07) is 8.02. The number of methoxy groups -OCH3 is 1. The topological polar surface area (TPSA) is 29.5 Å². The van der Waals surface area contributed by atoms with Crippen molar-refractivity contribution in [3.8, 4) is 5.75 Å². The summed E-state index contributed by atoms with van der Waals surface area (Å²) in [6.45, 7) is 8.91. The van der Waals surface area contributed by atoms with E-state index in [4.69, 9.17) is 4.74 Å². The third kappa shape index (κ3) is 3.84. The number of hydrogen-bond acceptors (Lipinski definition) is 3. The highest BCUT2D eigenvalue weighted by Gasteiger charge is 2.17. The number of carbonyl (C=O) groups is 1. The molecular weight excluding hydrogens is 226 g/mol. The maximum Gasteiger partial charge on any atom is 0.176 e. The average Bonchev–Trinajstić information content (AvgIpc) is 2.35. The molecule has 0 saturated heterocycles. The summed E-state index contributed by atoms with van der Waals surface area (Å²) >= 11 is 0. The highest BCUT2D eigenvalue weighted by molar-refractivity contribution is 5.97. The van der Waals surface area contributed by atoms with Crippen LogP contribution in [0.4, 0.5) is 0 Å². The summed E-state index contributed by atoms with van der Waals surface area (Å²) in [5.74, 6) is 0.927. The molecule has 1 aromatic carbocycles. The summed E-state index contributed by atoms with van der Waals surface area (Å²) in [7, 11) is 1.62. The Morgan fingerprint density at radius 3 is 2.00 bits per heavy atom. The van der Waals surface area contributed by atoms with E-state index in [1.54, 1.807) is 7.11 Å². The number of rotatable bonds is 6. The van der Waals surface area contributed by atoms with E-state index in [0.29, 0.717) is 18.6 Å². The third-order valence-corrected chi connectivity index (χ3v) is 3.06. The predicted molar refractivity (Wildman–Crippen MR) is 74.3 cm³/mol. The zero-order valence-electron chi connectivity index (χ0n) is 11.9. The van der Waals surface area contributed by atoms with Crippen molar-refractivity contribution in [2.45, 2.75) is 39.8 Å². The summed E-state index contributed by atoms with van der Waals surface area (Å²) in [6.07, 6.45) is 0. The Balaban J connectivity index is 2.74. The molecule has 3 heteroatoms. The second-order valence-electron chi connectivity index (χ2n) is 5.01. The van der Waals surface area contributed by atoms with Crippen molar-refractivity contribution in [1.29, 1.82) is 0 Å². The fourth-order valence-electron chi connectivity index (χ4n) is 2.00. The van der Waals surface area contributed by atoms with Gasteiger partial charge in [-0.1, -0.05) is 0 Å². The van der Waals surface area contributed by atoms with Crippen molar-refractivity contribution in [2.75, 3.05) is 13.7 Å². The van der Waals surface area contributed by atoms with E-state index >= 15 is 0 Å². The van der Waals surface area contributed by atoms with Gasteiger partial charge in [0, 0.05) is 17.6 Å². The number of ketones is 1. The van der Waals surface area contributed by atoms with E-state index in [9.17, 15) is 4.79 Å². The van der Waals surface area contributed by atoms with Crippen LogP contribution < -0.4 is 4.74 Å². The van der Waals surface area contributed by atoms with Gasteiger partial charge in [-0.3, -0.25) is 9.69 Å². The smallest absolute Gasteiger partial charge is 0.176 e. The largest absolute Gasteiger partial charge is 0.497 e. The number of nitrogens with zero attached hydrogens (tertiary/aromatic N) is 1. The Kier molecular flexibility index (Phi) is 5.35. The monoisotopic (exact) mass is 249 g/mol. The second kappa shape index (κ2) is 6.55. The van der Waals surface area contributed by atoms with E-state index in [0.717, 1.165) is 11.3 Å². The molecule has 1 rings (SSSR count). The van der Waals surface area contributed by atoms with Crippen LogP contribution in [0.2, 0.25) is 0 Å². The van der Waals surface area contributed by atoms with Gasteiger partial charge < -0.3 is 4.74 Å². The molecule has 0 radical (unpaired) electrons. The summed E-state index contributed by atoms with van der Waals surface area (Å²) < 4.78 is 5.08. The molecule has 0 aliphatic carbocycles.